The zero-order valence-corrected chi connectivity index (χ0v) is 10.4. The second-order valence-corrected chi connectivity index (χ2v) is 3.25. The Kier molecular flexibility index (Phi) is 9.83. The summed E-state index contributed by atoms with van der Waals surface area (Å²) in [6.07, 6.45) is 5.94. The van der Waals surface area contributed by atoms with Gasteiger partial charge in [0.05, 0.1) is 26.4 Å². The van der Waals surface area contributed by atoms with Gasteiger partial charge in [-0.1, -0.05) is 0 Å². The second kappa shape index (κ2) is 12.1. The van der Waals surface area contributed by atoms with E-state index < -0.39 is 0 Å². The standard InChI is InChI=1S/C12H20O6/c1-2-14-5-6-16-9-10-18-12-11-17-8-7-15-4-3-13-1/h1-2,7-8H,3-6,9-12H2. The SMILES string of the molecule is C1=COCCOCCOCCOC=COCCO1. The van der Waals surface area contributed by atoms with Crippen molar-refractivity contribution < 1.29 is 28.4 Å². The molecule has 18 heavy (non-hydrogen) atoms. The highest BCUT2D eigenvalue weighted by Gasteiger charge is 1.91. The van der Waals surface area contributed by atoms with Crippen LogP contribution in [0, 0.1) is 0 Å². The minimum atomic E-state index is 0.448. The maximum atomic E-state index is 5.28. The summed E-state index contributed by atoms with van der Waals surface area (Å²) in [5.41, 5.74) is 0. The van der Waals surface area contributed by atoms with Gasteiger partial charge in [-0.15, -0.1) is 0 Å². The van der Waals surface area contributed by atoms with Crippen molar-refractivity contribution in [3.8, 4) is 0 Å². The van der Waals surface area contributed by atoms with E-state index in [1.54, 1.807) is 0 Å². The Morgan fingerprint density at radius 3 is 1.06 bits per heavy atom. The highest BCUT2D eigenvalue weighted by atomic mass is 16.6. The van der Waals surface area contributed by atoms with Crippen LogP contribution in [0.25, 0.3) is 0 Å². The first-order valence-electron chi connectivity index (χ1n) is 5.92. The first-order valence-corrected chi connectivity index (χ1v) is 5.92. The highest BCUT2D eigenvalue weighted by molar-refractivity contribution is 4.63. The summed E-state index contributed by atoms with van der Waals surface area (Å²) in [7, 11) is 0. The molecule has 6 nitrogen and oxygen atoms in total. The predicted octanol–water partition coefficient (Wildman–Crippen LogP) is 1.04. The molecule has 1 aliphatic heterocycles. The van der Waals surface area contributed by atoms with Gasteiger partial charge in [0, 0.05) is 0 Å². The molecule has 0 N–H and O–H groups in total. The maximum absolute atomic E-state index is 5.28. The molecular formula is C12H20O6. The third-order valence-corrected chi connectivity index (χ3v) is 1.88. The summed E-state index contributed by atoms with van der Waals surface area (Å²) in [5, 5.41) is 0. The lowest BCUT2D eigenvalue weighted by atomic mass is 10.7. The van der Waals surface area contributed by atoms with Crippen molar-refractivity contribution in [3.05, 3.63) is 25.0 Å². The van der Waals surface area contributed by atoms with Gasteiger partial charge in [0.25, 0.3) is 0 Å². The van der Waals surface area contributed by atoms with E-state index in [1.807, 2.05) is 0 Å². The third-order valence-electron chi connectivity index (χ3n) is 1.88. The van der Waals surface area contributed by atoms with Gasteiger partial charge < -0.3 is 28.4 Å². The van der Waals surface area contributed by atoms with E-state index in [0.717, 1.165) is 0 Å². The van der Waals surface area contributed by atoms with Crippen molar-refractivity contribution in [3.63, 3.8) is 0 Å². The zero-order chi connectivity index (χ0) is 12.7. The summed E-state index contributed by atoms with van der Waals surface area (Å²) in [6, 6.07) is 0. The first-order chi connectivity index (χ1) is 9.00. The van der Waals surface area contributed by atoms with E-state index in [-0.39, 0.29) is 0 Å². The Bertz CT molecular complexity index is 205. The van der Waals surface area contributed by atoms with Gasteiger partial charge in [-0.2, -0.15) is 0 Å². The van der Waals surface area contributed by atoms with Crippen LogP contribution in [-0.2, 0) is 28.4 Å². The van der Waals surface area contributed by atoms with Crippen LogP contribution in [0.4, 0.5) is 0 Å². The van der Waals surface area contributed by atoms with E-state index in [1.165, 1.54) is 25.0 Å². The molecule has 0 aliphatic carbocycles. The smallest absolute Gasteiger partial charge is 0.121 e. The molecule has 1 rings (SSSR count). The summed E-state index contributed by atoms with van der Waals surface area (Å²) >= 11 is 0. The van der Waals surface area contributed by atoms with Gasteiger partial charge in [0.2, 0.25) is 0 Å². The van der Waals surface area contributed by atoms with Crippen molar-refractivity contribution in [1.29, 1.82) is 0 Å². The van der Waals surface area contributed by atoms with Gasteiger partial charge in [0.15, 0.2) is 0 Å². The van der Waals surface area contributed by atoms with Crippen LogP contribution in [0.3, 0.4) is 0 Å². The number of ether oxygens (including phenoxy) is 6. The summed E-state index contributed by atoms with van der Waals surface area (Å²) < 4.78 is 31.1. The fourth-order valence-electron chi connectivity index (χ4n) is 1.06. The monoisotopic (exact) mass is 260 g/mol. The lowest BCUT2D eigenvalue weighted by molar-refractivity contribution is 0.0166. The van der Waals surface area contributed by atoms with Crippen molar-refractivity contribution >= 4 is 0 Å². The lowest BCUT2D eigenvalue weighted by Gasteiger charge is -2.06. The molecule has 0 radical (unpaired) electrons. The molecule has 1 heterocycles. The quantitative estimate of drug-likeness (QED) is 0.648. The fraction of sp³-hybridized carbons (Fsp3) is 0.667. The van der Waals surface area contributed by atoms with Crippen molar-refractivity contribution in [2.24, 2.45) is 0 Å². The van der Waals surface area contributed by atoms with E-state index in [9.17, 15) is 0 Å². The number of hydrogen-bond acceptors (Lipinski definition) is 6. The molecule has 0 fully saturated rings. The Labute approximate surface area is 107 Å². The summed E-state index contributed by atoms with van der Waals surface area (Å²) in [6.45, 7) is 4.01. The van der Waals surface area contributed by atoms with Crippen LogP contribution in [0.5, 0.6) is 0 Å². The van der Waals surface area contributed by atoms with Crippen molar-refractivity contribution in [1.82, 2.24) is 0 Å². The van der Waals surface area contributed by atoms with E-state index in [0.29, 0.717) is 52.9 Å². The molecule has 0 spiro atoms. The normalized spacial score (nSPS) is 20.4. The Hall–Kier alpha value is -1.40. The molecule has 0 atom stereocenters. The minimum absolute atomic E-state index is 0.448. The van der Waals surface area contributed by atoms with E-state index >= 15 is 0 Å². The molecule has 0 aromatic rings. The summed E-state index contributed by atoms with van der Waals surface area (Å²) in [5.74, 6) is 0. The Morgan fingerprint density at radius 1 is 0.389 bits per heavy atom. The first kappa shape index (κ1) is 14.7. The predicted molar refractivity (Wildman–Crippen MR) is 63.7 cm³/mol. The van der Waals surface area contributed by atoms with Gasteiger partial charge in [0.1, 0.15) is 51.5 Å². The van der Waals surface area contributed by atoms with Crippen LogP contribution in [0.15, 0.2) is 25.0 Å². The number of rotatable bonds is 0. The molecule has 104 valence electrons. The molecule has 0 aromatic heterocycles. The Balaban J connectivity index is 2.12. The van der Waals surface area contributed by atoms with Gasteiger partial charge >= 0.3 is 0 Å². The lowest BCUT2D eigenvalue weighted by Crippen LogP contribution is -2.10. The third kappa shape index (κ3) is 9.80. The largest absolute Gasteiger partial charge is 0.496 e. The second-order valence-electron chi connectivity index (χ2n) is 3.25. The van der Waals surface area contributed by atoms with Crippen molar-refractivity contribution in [2.45, 2.75) is 0 Å². The highest BCUT2D eigenvalue weighted by Crippen LogP contribution is 1.87. The molecule has 0 saturated heterocycles. The molecule has 6 heteroatoms. The van der Waals surface area contributed by atoms with E-state index in [2.05, 4.69) is 0 Å². The van der Waals surface area contributed by atoms with Gasteiger partial charge in [-0.25, -0.2) is 0 Å². The van der Waals surface area contributed by atoms with Crippen LogP contribution in [0.1, 0.15) is 0 Å². The molecule has 0 aromatic carbocycles. The molecule has 0 unspecified atom stereocenters. The number of hydrogen-bond donors (Lipinski definition) is 0. The van der Waals surface area contributed by atoms with Gasteiger partial charge in [-0.05, 0) is 0 Å². The summed E-state index contributed by atoms with van der Waals surface area (Å²) in [4.78, 5) is 0. The average Bonchev–Trinajstić information content (AvgIpc) is 2.39. The molecular weight excluding hydrogens is 240 g/mol. The van der Waals surface area contributed by atoms with Crippen LogP contribution in [0.2, 0.25) is 0 Å². The van der Waals surface area contributed by atoms with Gasteiger partial charge in [-0.3, -0.25) is 0 Å². The average molecular weight is 260 g/mol. The van der Waals surface area contributed by atoms with Crippen molar-refractivity contribution in [2.75, 3.05) is 52.9 Å². The zero-order valence-electron chi connectivity index (χ0n) is 10.4. The van der Waals surface area contributed by atoms with E-state index in [4.69, 9.17) is 28.4 Å². The Morgan fingerprint density at radius 2 is 0.667 bits per heavy atom. The fourth-order valence-corrected chi connectivity index (χ4v) is 1.06. The molecule has 1 aliphatic rings. The molecule has 0 amide bonds. The van der Waals surface area contributed by atoms with Crippen LogP contribution < -0.4 is 0 Å². The molecule has 0 saturated carbocycles. The minimum Gasteiger partial charge on any atom is -0.496 e. The topological polar surface area (TPSA) is 55.4 Å². The van der Waals surface area contributed by atoms with Crippen LogP contribution >= 0.6 is 0 Å². The molecule has 0 bridgehead atoms. The van der Waals surface area contributed by atoms with Crippen LogP contribution in [-0.4, -0.2) is 52.9 Å². The maximum Gasteiger partial charge on any atom is 0.121 e.